The van der Waals surface area contributed by atoms with Gasteiger partial charge in [0, 0.05) is 25.2 Å². The zero-order valence-electron chi connectivity index (χ0n) is 13.8. The van der Waals surface area contributed by atoms with Crippen molar-refractivity contribution in [2.24, 2.45) is 7.05 Å². The highest BCUT2D eigenvalue weighted by atomic mass is 16.4. The molecule has 0 atom stereocenters. The molecular weight excluding hydrogens is 294 g/mol. The second-order valence-corrected chi connectivity index (χ2v) is 6.50. The van der Waals surface area contributed by atoms with Crippen LogP contribution in [-0.2, 0) is 19.0 Å². The quantitative estimate of drug-likeness (QED) is 0.907. The van der Waals surface area contributed by atoms with Gasteiger partial charge in [0.1, 0.15) is 0 Å². The molecule has 1 aromatic carbocycles. The smallest absolute Gasteiger partial charge is 0.335 e. The normalized spacial score (nSPS) is 11.3. The molecule has 0 bridgehead atoms. The number of nitrogens with zero attached hydrogens (tertiary/aromatic N) is 2. The van der Waals surface area contributed by atoms with E-state index in [-0.39, 0.29) is 16.9 Å². The van der Waals surface area contributed by atoms with E-state index >= 15 is 0 Å². The molecule has 0 spiro atoms. The number of aromatic nitrogens is 2. The summed E-state index contributed by atoms with van der Waals surface area (Å²) in [5.74, 6) is -1.16. The lowest BCUT2D eigenvalue weighted by molar-refractivity contribution is 0.0696. The Hall–Kier alpha value is -2.63. The summed E-state index contributed by atoms with van der Waals surface area (Å²) in [6, 6.07) is 6.43. The van der Waals surface area contributed by atoms with Gasteiger partial charge in [-0.2, -0.15) is 5.10 Å². The summed E-state index contributed by atoms with van der Waals surface area (Å²) >= 11 is 0. The van der Waals surface area contributed by atoms with Crippen LogP contribution in [0.2, 0.25) is 0 Å². The van der Waals surface area contributed by atoms with E-state index in [0.717, 1.165) is 11.3 Å². The number of rotatable bonds is 4. The topological polar surface area (TPSA) is 84.2 Å². The monoisotopic (exact) mass is 315 g/mol. The van der Waals surface area contributed by atoms with E-state index in [1.54, 1.807) is 30.1 Å². The van der Waals surface area contributed by atoms with Gasteiger partial charge in [0.15, 0.2) is 0 Å². The van der Waals surface area contributed by atoms with E-state index in [9.17, 15) is 9.59 Å². The molecule has 0 radical (unpaired) electrons. The molecule has 0 aliphatic carbocycles. The maximum Gasteiger partial charge on any atom is 0.335 e. The van der Waals surface area contributed by atoms with Crippen molar-refractivity contribution < 1.29 is 14.7 Å². The highest BCUT2D eigenvalue weighted by Gasteiger charge is 2.25. The minimum absolute atomic E-state index is 0.190. The number of hydrogen-bond donors (Lipinski definition) is 2. The van der Waals surface area contributed by atoms with Gasteiger partial charge < -0.3 is 10.4 Å². The molecule has 122 valence electrons. The van der Waals surface area contributed by atoms with Crippen molar-refractivity contribution in [1.29, 1.82) is 0 Å². The third-order valence-corrected chi connectivity index (χ3v) is 3.44. The molecule has 6 heteroatoms. The van der Waals surface area contributed by atoms with Gasteiger partial charge in [-0.15, -0.1) is 0 Å². The summed E-state index contributed by atoms with van der Waals surface area (Å²) in [5.41, 5.74) is 2.14. The van der Waals surface area contributed by atoms with Gasteiger partial charge in [0.05, 0.1) is 16.8 Å². The minimum Gasteiger partial charge on any atom is -0.478 e. The number of nitrogens with one attached hydrogen (secondary N) is 1. The first-order valence-electron chi connectivity index (χ1n) is 7.33. The van der Waals surface area contributed by atoms with Crippen LogP contribution in [0.15, 0.2) is 30.5 Å². The molecule has 6 nitrogen and oxygen atoms in total. The molecule has 1 heterocycles. The highest BCUT2D eigenvalue weighted by molar-refractivity contribution is 5.95. The van der Waals surface area contributed by atoms with Crippen LogP contribution in [-0.4, -0.2) is 26.8 Å². The van der Waals surface area contributed by atoms with E-state index in [0.29, 0.717) is 12.1 Å². The van der Waals surface area contributed by atoms with E-state index in [1.807, 2.05) is 20.8 Å². The lowest BCUT2D eigenvalue weighted by Crippen LogP contribution is -2.26. The van der Waals surface area contributed by atoms with Crippen molar-refractivity contribution in [1.82, 2.24) is 15.1 Å². The molecule has 0 saturated carbocycles. The number of carboxylic acid groups (broad SMARTS) is 1. The van der Waals surface area contributed by atoms with Crippen LogP contribution in [0.5, 0.6) is 0 Å². The molecule has 23 heavy (non-hydrogen) atoms. The largest absolute Gasteiger partial charge is 0.478 e. The van der Waals surface area contributed by atoms with Gasteiger partial charge >= 0.3 is 5.97 Å². The van der Waals surface area contributed by atoms with Gasteiger partial charge in [0.2, 0.25) is 0 Å². The van der Waals surface area contributed by atoms with E-state index in [2.05, 4.69) is 10.4 Å². The number of carbonyl (C=O) groups is 2. The molecule has 1 amide bonds. The zero-order chi connectivity index (χ0) is 17.2. The van der Waals surface area contributed by atoms with Crippen LogP contribution < -0.4 is 5.32 Å². The lowest BCUT2D eigenvalue weighted by Gasteiger charge is -2.17. The van der Waals surface area contributed by atoms with Gasteiger partial charge in [0.25, 0.3) is 5.91 Å². The van der Waals surface area contributed by atoms with E-state index < -0.39 is 5.97 Å². The molecule has 0 unspecified atom stereocenters. The molecule has 0 saturated heterocycles. The molecule has 2 rings (SSSR count). The van der Waals surface area contributed by atoms with E-state index in [1.165, 1.54) is 12.1 Å². The second-order valence-electron chi connectivity index (χ2n) is 6.50. The number of benzene rings is 1. The van der Waals surface area contributed by atoms with Crippen LogP contribution in [0.3, 0.4) is 0 Å². The maximum absolute atomic E-state index is 12.4. The Bertz CT molecular complexity index is 725. The number of aromatic carboxylic acids is 1. The van der Waals surface area contributed by atoms with Gasteiger partial charge in [-0.25, -0.2) is 4.79 Å². The SMILES string of the molecule is Cn1cc(C(=O)NCc2ccc(C(=O)O)cc2)c(C(C)(C)C)n1. The number of carboxylic acids is 1. The Balaban J connectivity index is 2.10. The van der Waals surface area contributed by atoms with Crippen LogP contribution in [0.25, 0.3) is 0 Å². The Kier molecular flexibility index (Phi) is 4.54. The summed E-state index contributed by atoms with van der Waals surface area (Å²) in [4.78, 5) is 23.2. The molecule has 0 aliphatic rings. The van der Waals surface area contributed by atoms with Crippen molar-refractivity contribution in [3.63, 3.8) is 0 Å². The Morgan fingerprint density at radius 3 is 2.35 bits per heavy atom. The van der Waals surface area contributed by atoms with Gasteiger partial charge in [-0.1, -0.05) is 32.9 Å². The number of amides is 1. The fourth-order valence-corrected chi connectivity index (χ4v) is 2.25. The third kappa shape index (κ3) is 3.97. The van der Waals surface area contributed by atoms with Crippen molar-refractivity contribution >= 4 is 11.9 Å². The number of carbonyl (C=O) groups excluding carboxylic acids is 1. The van der Waals surface area contributed by atoms with Crippen molar-refractivity contribution in [2.75, 3.05) is 0 Å². The summed E-state index contributed by atoms with van der Waals surface area (Å²) in [7, 11) is 1.79. The summed E-state index contributed by atoms with van der Waals surface area (Å²) in [6.07, 6.45) is 1.71. The first-order chi connectivity index (χ1) is 10.7. The minimum atomic E-state index is -0.967. The lowest BCUT2D eigenvalue weighted by atomic mass is 9.89. The van der Waals surface area contributed by atoms with E-state index in [4.69, 9.17) is 5.11 Å². The molecule has 2 aromatic rings. The highest BCUT2D eigenvalue weighted by Crippen LogP contribution is 2.24. The number of hydrogen-bond acceptors (Lipinski definition) is 3. The van der Waals surface area contributed by atoms with Gasteiger partial charge in [-0.05, 0) is 17.7 Å². The first kappa shape index (κ1) is 16.7. The molecule has 2 N–H and O–H groups in total. The summed E-state index contributed by atoms with van der Waals surface area (Å²) < 4.78 is 1.64. The summed E-state index contributed by atoms with van der Waals surface area (Å²) in [5, 5.41) is 16.1. The fourth-order valence-electron chi connectivity index (χ4n) is 2.25. The van der Waals surface area contributed by atoms with Gasteiger partial charge in [-0.3, -0.25) is 9.48 Å². The Morgan fingerprint density at radius 1 is 1.22 bits per heavy atom. The van der Waals surface area contributed by atoms with Crippen LogP contribution in [0, 0.1) is 0 Å². The van der Waals surface area contributed by atoms with Crippen LogP contribution in [0.4, 0.5) is 0 Å². The Morgan fingerprint density at radius 2 is 1.83 bits per heavy atom. The number of aryl methyl sites for hydroxylation is 1. The standard InChI is InChI=1S/C17H21N3O3/c1-17(2,3)14-13(10-20(4)19-14)15(21)18-9-11-5-7-12(8-6-11)16(22)23/h5-8,10H,9H2,1-4H3,(H,18,21)(H,22,23). The third-order valence-electron chi connectivity index (χ3n) is 3.44. The predicted molar refractivity (Wildman–Crippen MR) is 86.5 cm³/mol. The molecule has 1 aromatic heterocycles. The van der Waals surface area contributed by atoms with Crippen LogP contribution >= 0.6 is 0 Å². The summed E-state index contributed by atoms with van der Waals surface area (Å²) in [6.45, 7) is 6.36. The maximum atomic E-state index is 12.4. The van der Waals surface area contributed by atoms with Crippen molar-refractivity contribution in [2.45, 2.75) is 32.7 Å². The van der Waals surface area contributed by atoms with Crippen LogP contribution in [0.1, 0.15) is 52.7 Å². The fraction of sp³-hybridized carbons (Fsp3) is 0.353. The molecule has 0 fully saturated rings. The molecule has 0 aliphatic heterocycles. The van der Waals surface area contributed by atoms with Crippen molar-refractivity contribution in [3.8, 4) is 0 Å². The molecular formula is C17H21N3O3. The zero-order valence-corrected chi connectivity index (χ0v) is 13.8. The Labute approximate surface area is 135 Å². The van der Waals surface area contributed by atoms with Crippen molar-refractivity contribution in [3.05, 3.63) is 52.8 Å². The predicted octanol–water partition coefficient (Wildman–Crippen LogP) is 2.35. The second kappa shape index (κ2) is 6.24. The average Bonchev–Trinajstić information content (AvgIpc) is 2.87. The first-order valence-corrected chi connectivity index (χ1v) is 7.33. The average molecular weight is 315 g/mol.